The summed E-state index contributed by atoms with van der Waals surface area (Å²) >= 11 is 0. The average Bonchev–Trinajstić information content (AvgIpc) is 2.78. The Morgan fingerprint density at radius 2 is 1.78 bits per heavy atom. The molecule has 0 aromatic rings. The monoisotopic (exact) mass is 357 g/mol. The maximum atomic E-state index is 11.1. The van der Waals surface area contributed by atoms with Crippen LogP contribution in [0.25, 0.3) is 0 Å². The largest absolute Gasteiger partial charge is 0.412 e. The van der Waals surface area contributed by atoms with Gasteiger partial charge in [0, 0.05) is 0 Å². The molecule has 23 heavy (non-hydrogen) atoms. The molecular weight excluding hydrogens is 334 g/mol. The van der Waals surface area contributed by atoms with Crippen molar-refractivity contribution in [2.75, 3.05) is 13.2 Å². The molecule has 3 heterocycles. The van der Waals surface area contributed by atoms with Gasteiger partial charge in [-0.1, -0.05) is 0 Å². The molecule has 0 saturated carbocycles. The topological polar surface area (TPSA) is 147 Å². The molecule has 11 heteroatoms. The smallest absolute Gasteiger partial charge is 0.333 e. The third-order valence-electron chi connectivity index (χ3n) is 3.70. The van der Waals surface area contributed by atoms with E-state index in [1.165, 1.54) is 0 Å². The van der Waals surface area contributed by atoms with Crippen LogP contribution in [0.3, 0.4) is 0 Å². The normalized spacial score (nSPS) is 41.0. The van der Waals surface area contributed by atoms with Crippen molar-refractivity contribution >= 4 is 10.3 Å². The van der Waals surface area contributed by atoms with Gasteiger partial charge in [-0.05, 0) is 27.7 Å². The third kappa shape index (κ3) is 3.67. The SMILES string of the molecule is CC1(C)O[C@@H]2[C@@H](CO[C@@]3(COS(N)(=O)=O)OC(C)(C)O[C@@H]23)O1.O. The van der Waals surface area contributed by atoms with E-state index in [0.717, 1.165) is 0 Å². The van der Waals surface area contributed by atoms with E-state index in [1.54, 1.807) is 27.7 Å². The summed E-state index contributed by atoms with van der Waals surface area (Å²) in [5.74, 6) is -3.19. The molecule has 3 rings (SSSR count). The minimum Gasteiger partial charge on any atom is -0.412 e. The van der Waals surface area contributed by atoms with Crippen LogP contribution >= 0.6 is 0 Å². The van der Waals surface area contributed by atoms with E-state index in [1.807, 2.05) is 0 Å². The van der Waals surface area contributed by atoms with Crippen molar-refractivity contribution < 1.29 is 41.8 Å². The number of fused-ring (bicyclic) bond motifs is 3. The van der Waals surface area contributed by atoms with Gasteiger partial charge < -0.3 is 29.2 Å². The van der Waals surface area contributed by atoms with Crippen molar-refractivity contribution in [2.45, 2.75) is 63.4 Å². The highest BCUT2D eigenvalue weighted by atomic mass is 32.2. The first-order valence-electron chi connectivity index (χ1n) is 6.96. The van der Waals surface area contributed by atoms with Crippen LogP contribution in [0.2, 0.25) is 0 Å². The Hall–Kier alpha value is -0.370. The van der Waals surface area contributed by atoms with Crippen LogP contribution in [0, 0.1) is 0 Å². The maximum absolute atomic E-state index is 11.1. The Labute approximate surface area is 134 Å². The Morgan fingerprint density at radius 1 is 1.13 bits per heavy atom. The molecule has 3 aliphatic rings. The molecular formula is C12H23NO9S. The van der Waals surface area contributed by atoms with Crippen molar-refractivity contribution in [3.63, 3.8) is 0 Å². The Balaban J connectivity index is 0.00000192. The standard InChI is InChI=1S/C12H21NO8S.H2O/c1-10(2)18-7-5-16-12(6-17-22(13,14)15)9(8(7)19-10)20-11(3,4)21-12;/h7-9H,5-6H2,1-4H3,(H2,13,14,15);1H2/t7-,8-,9+,12+;/m1./s1. The van der Waals surface area contributed by atoms with Crippen molar-refractivity contribution in [3.05, 3.63) is 0 Å². The molecule has 4 N–H and O–H groups in total. The molecule has 0 amide bonds. The lowest BCUT2D eigenvalue weighted by molar-refractivity contribution is -0.290. The average molecular weight is 357 g/mol. The number of hydrogen-bond acceptors (Lipinski definition) is 8. The van der Waals surface area contributed by atoms with Crippen molar-refractivity contribution in [3.8, 4) is 0 Å². The van der Waals surface area contributed by atoms with Crippen LogP contribution in [0.15, 0.2) is 0 Å². The molecule has 3 saturated heterocycles. The van der Waals surface area contributed by atoms with Crippen molar-refractivity contribution in [1.82, 2.24) is 0 Å². The van der Waals surface area contributed by atoms with Gasteiger partial charge in [0.25, 0.3) is 0 Å². The molecule has 3 aliphatic heterocycles. The maximum Gasteiger partial charge on any atom is 0.333 e. The zero-order valence-electron chi connectivity index (χ0n) is 13.4. The van der Waals surface area contributed by atoms with Crippen LogP contribution in [0.4, 0.5) is 0 Å². The summed E-state index contributed by atoms with van der Waals surface area (Å²) in [5.41, 5.74) is 0. The first kappa shape index (κ1) is 19.0. The van der Waals surface area contributed by atoms with E-state index in [9.17, 15) is 8.42 Å². The van der Waals surface area contributed by atoms with Crippen LogP contribution in [-0.2, 0) is 38.2 Å². The van der Waals surface area contributed by atoms with E-state index >= 15 is 0 Å². The van der Waals surface area contributed by atoms with Gasteiger partial charge in [-0.2, -0.15) is 8.42 Å². The fourth-order valence-electron chi connectivity index (χ4n) is 3.11. The molecule has 0 spiro atoms. The molecule has 0 aromatic heterocycles. The number of rotatable bonds is 3. The van der Waals surface area contributed by atoms with E-state index in [0.29, 0.717) is 0 Å². The Bertz CT molecular complexity index is 563. The quantitative estimate of drug-likeness (QED) is 0.661. The fourth-order valence-corrected chi connectivity index (χ4v) is 3.44. The lowest BCUT2D eigenvalue weighted by atomic mass is 9.98. The van der Waals surface area contributed by atoms with Gasteiger partial charge in [-0.25, -0.2) is 5.14 Å². The Kier molecular flexibility index (Phi) is 4.60. The highest BCUT2D eigenvalue weighted by molar-refractivity contribution is 7.84. The Morgan fingerprint density at radius 3 is 2.39 bits per heavy atom. The number of ether oxygens (including phenoxy) is 5. The summed E-state index contributed by atoms with van der Waals surface area (Å²) in [6, 6.07) is 0. The molecule has 0 unspecified atom stereocenters. The van der Waals surface area contributed by atoms with Gasteiger partial charge in [-0.3, -0.25) is 4.18 Å². The lowest BCUT2D eigenvalue weighted by Gasteiger charge is -2.40. The van der Waals surface area contributed by atoms with E-state index < -0.39 is 46.5 Å². The highest BCUT2D eigenvalue weighted by Crippen LogP contribution is 2.47. The summed E-state index contributed by atoms with van der Waals surface area (Å²) < 4.78 is 55.9. The molecule has 10 nitrogen and oxygen atoms in total. The second-order valence-corrected chi connectivity index (χ2v) is 7.78. The number of nitrogens with two attached hydrogens (primary N) is 1. The van der Waals surface area contributed by atoms with E-state index in [4.69, 9.17) is 33.0 Å². The van der Waals surface area contributed by atoms with Gasteiger partial charge in [0.05, 0.1) is 6.61 Å². The highest BCUT2D eigenvalue weighted by Gasteiger charge is 2.65. The minimum absolute atomic E-state index is 0. The molecule has 136 valence electrons. The summed E-state index contributed by atoms with van der Waals surface area (Å²) in [5, 5.41) is 4.89. The number of hydrogen-bond donors (Lipinski definition) is 1. The second-order valence-electron chi connectivity index (χ2n) is 6.56. The molecule has 4 atom stereocenters. The molecule has 0 radical (unpaired) electrons. The van der Waals surface area contributed by atoms with E-state index in [2.05, 4.69) is 0 Å². The van der Waals surface area contributed by atoms with Crippen LogP contribution in [0.5, 0.6) is 0 Å². The predicted molar refractivity (Wildman–Crippen MR) is 75.2 cm³/mol. The van der Waals surface area contributed by atoms with Crippen molar-refractivity contribution in [2.24, 2.45) is 5.14 Å². The first-order chi connectivity index (χ1) is 9.92. The van der Waals surface area contributed by atoms with Crippen molar-refractivity contribution in [1.29, 1.82) is 0 Å². The van der Waals surface area contributed by atoms with Gasteiger partial charge >= 0.3 is 10.3 Å². The molecule has 0 aromatic carbocycles. The van der Waals surface area contributed by atoms with Crippen LogP contribution in [0.1, 0.15) is 27.7 Å². The van der Waals surface area contributed by atoms with Gasteiger partial charge in [-0.15, -0.1) is 0 Å². The zero-order chi connectivity index (χ0) is 16.4. The first-order valence-corrected chi connectivity index (χ1v) is 8.43. The fraction of sp³-hybridized carbons (Fsp3) is 1.00. The molecule has 3 fully saturated rings. The van der Waals surface area contributed by atoms with Crippen LogP contribution in [-0.4, -0.2) is 62.8 Å². The van der Waals surface area contributed by atoms with Gasteiger partial charge in [0.15, 0.2) is 11.6 Å². The van der Waals surface area contributed by atoms with Gasteiger partial charge in [0.2, 0.25) is 5.79 Å². The van der Waals surface area contributed by atoms with Crippen LogP contribution < -0.4 is 5.14 Å². The lowest BCUT2D eigenvalue weighted by Crippen LogP contribution is -2.60. The molecule has 0 bridgehead atoms. The van der Waals surface area contributed by atoms with E-state index in [-0.39, 0.29) is 18.2 Å². The predicted octanol–water partition coefficient (Wildman–Crippen LogP) is -1.22. The summed E-state index contributed by atoms with van der Waals surface area (Å²) in [7, 11) is -4.14. The summed E-state index contributed by atoms with van der Waals surface area (Å²) in [6.07, 6.45) is -1.50. The minimum atomic E-state index is -4.14. The zero-order valence-corrected chi connectivity index (χ0v) is 14.2. The third-order valence-corrected chi connectivity index (χ3v) is 4.15. The molecule has 0 aliphatic carbocycles. The van der Waals surface area contributed by atoms with Gasteiger partial charge in [0.1, 0.15) is 24.9 Å². The second kappa shape index (κ2) is 5.58. The summed E-state index contributed by atoms with van der Waals surface area (Å²) in [4.78, 5) is 0. The summed E-state index contributed by atoms with van der Waals surface area (Å²) in [6.45, 7) is 6.71.